The summed E-state index contributed by atoms with van der Waals surface area (Å²) in [6.07, 6.45) is 3.63. The molecule has 2 heterocycles. The van der Waals surface area contributed by atoms with Crippen molar-refractivity contribution in [1.29, 1.82) is 0 Å². The Hall–Kier alpha value is -2.74. The zero-order valence-electron chi connectivity index (χ0n) is 13.2. The van der Waals surface area contributed by atoms with E-state index in [0.717, 1.165) is 12.8 Å². The van der Waals surface area contributed by atoms with Crippen LogP contribution in [0.15, 0.2) is 35.8 Å². The molecule has 1 fully saturated rings. The second-order valence-electron chi connectivity index (χ2n) is 5.90. The van der Waals surface area contributed by atoms with Gasteiger partial charge in [-0.05, 0) is 25.0 Å². The third kappa shape index (κ3) is 3.25. The van der Waals surface area contributed by atoms with Crippen molar-refractivity contribution in [3.63, 3.8) is 0 Å². The molecule has 0 unspecified atom stereocenters. The highest BCUT2D eigenvalue weighted by Gasteiger charge is 2.23. The molecule has 3 aromatic rings. The summed E-state index contributed by atoms with van der Waals surface area (Å²) >= 11 is 1.29. The summed E-state index contributed by atoms with van der Waals surface area (Å²) < 4.78 is 15.5. The van der Waals surface area contributed by atoms with E-state index in [2.05, 4.69) is 15.6 Å². The summed E-state index contributed by atoms with van der Waals surface area (Å²) in [6, 6.07) is 6.62. The second-order valence-corrected chi connectivity index (χ2v) is 6.74. The minimum absolute atomic E-state index is 0.0679. The van der Waals surface area contributed by atoms with Crippen molar-refractivity contribution in [2.24, 2.45) is 0 Å². The van der Waals surface area contributed by atoms with Gasteiger partial charge in [-0.1, -0.05) is 12.1 Å². The number of halogens is 1. The van der Waals surface area contributed by atoms with Gasteiger partial charge in [0, 0.05) is 23.2 Å². The SMILES string of the molecule is O=C(CNC(=O)c1csc2nc(-c3ccccc3F)cn12)NC1CC1. The monoisotopic (exact) mass is 358 g/mol. The van der Waals surface area contributed by atoms with Crippen molar-refractivity contribution in [3.8, 4) is 11.3 Å². The lowest BCUT2D eigenvalue weighted by atomic mass is 10.1. The van der Waals surface area contributed by atoms with Crippen LogP contribution in [0.3, 0.4) is 0 Å². The molecule has 1 aromatic carbocycles. The minimum Gasteiger partial charge on any atom is -0.352 e. The number of imidazole rings is 1. The number of nitrogens with zero attached hydrogens (tertiary/aromatic N) is 2. The standard InChI is InChI=1S/C17H15FN4O2S/c18-12-4-2-1-3-11(12)13-8-22-14(9-25-17(22)21-13)16(24)19-7-15(23)20-10-5-6-10/h1-4,8-10H,5-7H2,(H,19,24)(H,20,23). The summed E-state index contributed by atoms with van der Waals surface area (Å²) in [5, 5.41) is 7.08. The zero-order valence-corrected chi connectivity index (χ0v) is 14.0. The van der Waals surface area contributed by atoms with Crippen molar-refractivity contribution >= 4 is 28.1 Å². The molecule has 0 bridgehead atoms. The Morgan fingerprint density at radius 2 is 2.12 bits per heavy atom. The smallest absolute Gasteiger partial charge is 0.269 e. The molecule has 0 spiro atoms. The highest BCUT2D eigenvalue weighted by atomic mass is 32.1. The molecule has 25 heavy (non-hydrogen) atoms. The number of aromatic nitrogens is 2. The number of rotatable bonds is 5. The third-order valence-electron chi connectivity index (χ3n) is 3.94. The van der Waals surface area contributed by atoms with Gasteiger partial charge in [-0.15, -0.1) is 11.3 Å². The maximum absolute atomic E-state index is 13.9. The second kappa shape index (κ2) is 6.29. The Kier molecular flexibility index (Phi) is 3.96. The fourth-order valence-corrected chi connectivity index (χ4v) is 3.36. The molecule has 2 N–H and O–H groups in total. The summed E-state index contributed by atoms with van der Waals surface area (Å²) in [4.78, 5) is 29.0. The fraction of sp³-hybridized carbons (Fsp3) is 0.235. The molecule has 1 saturated carbocycles. The van der Waals surface area contributed by atoms with Gasteiger partial charge >= 0.3 is 0 Å². The third-order valence-corrected chi connectivity index (χ3v) is 4.78. The van der Waals surface area contributed by atoms with Gasteiger partial charge in [0.25, 0.3) is 5.91 Å². The summed E-state index contributed by atoms with van der Waals surface area (Å²) in [5.41, 5.74) is 1.22. The Morgan fingerprint density at radius 3 is 2.88 bits per heavy atom. The molecule has 4 rings (SSSR count). The molecule has 1 aliphatic carbocycles. The molecule has 2 amide bonds. The first-order valence-corrected chi connectivity index (χ1v) is 8.79. The van der Waals surface area contributed by atoms with E-state index in [9.17, 15) is 14.0 Å². The highest BCUT2D eigenvalue weighted by Crippen LogP contribution is 2.25. The lowest BCUT2D eigenvalue weighted by molar-refractivity contribution is -0.120. The van der Waals surface area contributed by atoms with E-state index in [-0.39, 0.29) is 30.2 Å². The van der Waals surface area contributed by atoms with Gasteiger partial charge in [-0.3, -0.25) is 14.0 Å². The van der Waals surface area contributed by atoms with E-state index in [1.807, 2.05) is 0 Å². The Balaban J connectivity index is 1.52. The number of carbonyl (C=O) groups is 2. The van der Waals surface area contributed by atoms with Crippen LogP contribution in [0, 0.1) is 5.82 Å². The normalized spacial score (nSPS) is 13.8. The predicted molar refractivity (Wildman–Crippen MR) is 92.0 cm³/mol. The van der Waals surface area contributed by atoms with Crippen LogP contribution in [-0.4, -0.2) is 33.8 Å². The number of thiazole rings is 1. The van der Waals surface area contributed by atoms with Gasteiger partial charge < -0.3 is 10.6 Å². The van der Waals surface area contributed by atoms with Gasteiger partial charge in [0.1, 0.15) is 11.5 Å². The van der Waals surface area contributed by atoms with Crippen LogP contribution in [0.2, 0.25) is 0 Å². The lowest BCUT2D eigenvalue weighted by Gasteiger charge is -2.05. The molecular formula is C17H15FN4O2S. The quantitative estimate of drug-likeness (QED) is 0.734. The maximum atomic E-state index is 13.9. The number of hydrogen-bond donors (Lipinski definition) is 2. The molecule has 0 atom stereocenters. The van der Waals surface area contributed by atoms with E-state index < -0.39 is 0 Å². The zero-order chi connectivity index (χ0) is 17.4. The fourth-order valence-electron chi connectivity index (χ4n) is 2.50. The van der Waals surface area contributed by atoms with Crippen LogP contribution >= 0.6 is 11.3 Å². The molecule has 6 nitrogen and oxygen atoms in total. The first kappa shape index (κ1) is 15.8. The highest BCUT2D eigenvalue weighted by molar-refractivity contribution is 7.15. The average molecular weight is 358 g/mol. The van der Waals surface area contributed by atoms with Crippen molar-refractivity contribution in [3.05, 3.63) is 47.4 Å². The van der Waals surface area contributed by atoms with E-state index in [1.54, 1.807) is 34.2 Å². The minimum atomic E-state index is -0.366. The summed E-state index contributed by atoms with van der Waals surface area (Å²) in [5.74, 6) is -0.925. The molecule has 8 heteroatoms. The number of nitrogens with one attached hydrogen (secondary N) is 2. The molecular weight excluding hydrogens is 343 g/mol. The Morgan fingerprint density at radius 1 is 1.32 bits per heavy atom. The van der Waals surface area contributed by atoms with Crippen molar-refractivity contribution in [1.82, 2.24) is 20.0 Å². The first-order chi connectivity index (χ1) is 12.1. The van der Waals surface area contributed by atoms with Crippen LogP contribution in [0.25, 0.3) is 16.2 Å². The van der Waals surface area contributed by atoms with Gasteiger partial charge in [-0.2, -0.15) is 0 Å². The van der Waals surface area contributed by atoms with E-state index in [0.29, 0.717) is 21.9 Å². The molecule has 128 valence electrons. The van der Waals surface area contributed by atoms with Crippen LogP contribution in [0.1, 0.15) is 23.3 Å². The van der Waals surface area contributed by atoms with E-state index >= 15 is 0 Å². The molecule has 0 aliphatic heterocycles. The van der Waals surface area contributed by atoms with E-state index in [1.165, 1.54) is 17.4 Å². The van der Waals surface area contributed by atoms with Crippen LogP contribution in [0.5, 0.6) is 0 Å². The van der Waals surface area contributed by atoms with Gasteiger partial charge in [0.2, 0.25) is 5.91 Å². The van der Waals surface area contributed by atoms with Crippen LogP contribution in [-0.2, 0) is 4.79 Å². The summed E-state index contributed by atoms with van der Waals surface area (Å²) in [6.45, 7) is -0.0679. The topological polar surface area (TPSA) is 75.5 Å². The molecule has 1 aliphatic rings. The van der Waals surface area contributed by atoms with Gasteiger partial charge in [-0.25, -0.2) is 9.37 Å². The average Bonchev–Trinajstić information content (AvgIpc) is 3.16. The van der Waals surface area contributed by atoms with Crippen molar-refractivity contribution in [2.45, 2.75) is 18.9 Å². The van der Waals surface area contributed by atoms with Crippen molar-refractivity contribution < 1.29 is 14.0 Å². The number of benzene rings is 1. The van der Waals surface area contributed by atoms with Gasteiger partial charge in [0.05, 0.1) is 12.2 Å². The molecule has 0 saturated heterocycles. The number of amides is 2. The maximum Gasteiger partial charge on any atom is 0.269 e. The Bertz CT molecular complexity index is 961. The number of fused-ring (bicyclic) bond motifs is 1. The molecule has 0 radical (unpaired) electrons. The first-order valence-electron chi connectivity index (χ1n) is 7.91. The Labute approximate surface area is 146 Å². The number of carbonyl (C=O) groups excluding carboxylic acids is 2. The lowest BCUT2D eigenvalue weighted by Crippen LogP contribution is -2.38. The van der Waals surface area contributed by atoms with Crippen molar-refractivity contribution in [2.75, 3.05) is 6.54 Å². The largest absolute Gasteiger partial charge is 0.352 e. The van der Waals surface area contributed by atoms with E-state index in [4.69, 9.17) is 0 Å². The van der Waals surface area contributed by atoms with Crippen LogP contribution in [0.4, 0.5) is 4.39 Å². The molecule has 2 aromatic heterocycles. The predicted octanol–water partition coefficient (Wildman–Crippen LogP) is 2.21. The number of hydrogen-bond acceptors (Lipinski definition) is 4. The van der Waals surface area contributed by atoms with Crippen LogP contribution < -0.4 is 10.6 Å². The summed E-state index contributed by atoms with van der Waals surface area (Å²) in [7, 11) is 0. The van der Waals surface area contributed by atoms with Gasteiger partial charge in [0.15, 0.2) is 4.96 Å².